The van der Waals surface area contributed by atoms with E-state index in [2.05, 4.69) is 10.4 Å². The normalized spacial score (nSPS) is 10.7. The number of anilines is 1. The molecule has 0 fully saturated rings. The Morgan fingerprint density at radius 1 is 1.10 bits per heavy atom. The highest BCUT2D eigenvalue weighted by Crippen LogP contribution is 2.18. The molecule has 1 N–H and O–H groups in total. The number of rotatable bonds is 8. The van der Waals surface area contributed by atoms with E-state index < -0.39 is 5.97 Å². The summed E-state index contributed by atoms with van der Waals surface area (Å²) in [6, 6.07) is 12.6. The van der Waals surface area contributed by atoms with Crippen LogP contribution in [0.4, 0.5) is 10.1 Å². The Morgan fingerprint density at radius 3 is 2.39 bits per heavy atom. The fraction of sp³-hybridized carbons (Fsp3) is 0.261. The fourth-order valence-electron chi connectivity index (χ4n) is 2.74. The van der Waals surface area contributed by atoms with Gasteiger partial charge in [0, 0.05) is 18.3 Å². The van der Waals surface area contributed by atoms with Gasteiger partial charge in [-0.25, -0.2) is 9.18 Å². The monoisotopic (exact) mass is 425 g/mol. The molecule has 162 valence electrons. The number of nitrogens with one attached hydrogen (secondary N) is 1. The van der Waals surface area contributed by atoms with Gasteiger partial charge in [-0.3, -0.25) is 9.48 Å². The second kappa shape index (κ2) is 9.88. The van der Waals surface area contributed by atoms with Gasteiger partial charge in [-0.2, -0.15) is 5.10 Å². The molecule has 0 saturated carbocycles. The van der Waals surface area contributed by atoms with E-state index in [1.807, 2.05) is 6.92 Å². The van der Waals surface area contributed by atoms with Crippen molar-refractivity contribution >= 4 is 17.6 Å². The minimum Gasteiger partial charge on any atom is -0.489 e. The van der Waals surface area contributed by atoms with E-state index in [0.717, 1.165) is 5.56 Å². The molecular formula is C23H24FN3O4. The molecule has 3 aromatic rings. The first-order chi connectivity index (χ1) is 14.9. The van der Waals surface area contributed by atoms with E-state index in [-0.39, 0.29) is 30.1 Å². The van der Waals surface area contributed by atoms with E-state index in [1.54, 1.807) is 61.1 Å². The van der Waals surface area contributed by atoms with Crippen LogP contribution in [-0.4, -0.2) is 27.8 Å². The number of esters is 1. The maximum atomic E-state index is 12.9. The lowest BCUT2D eigenvalue weighted by atomic mass is 10.1. The highest BCUT2D eigenvalue weighted by Gasteiger charge is 2.21. The Kier molecular flexibility index (Phi) is 7.02. The van der Waals surface area contributed by atoms with Crippen LogP contribution in [0.5, 0.6) is 5.75 Å². The summed E-state index contributed by atoms with van der Waals surface area (Å²) < 4.78 is 25.3. The molecule has 2 aromatic carbocycles. The number of benzene rings is 2. The van der Waals surface area contributed by atoms with Crippen LogP contribution in [0.1, 0.15) is 47.2 Å². The first-order valence-electron chi connectivity index (χ1n) is 9.92. The lowest BCUT2D eigenvalue weighted by Crippen LogP contribution is -2.17. The summed E-state index contributed by atoms with van der Waals surface area (Å²) >= 11 is 0. The van der Waals surface area contributed by atoms with Crippen LogP contribution in [0.3, 0.4) is 0 Å². The van der Waals surface area contributed by atoms with Gasteiger partial charge >= 0.3 is 5.97 Å². The van der Waals surface area contributed by atoms with Gasteiger partial charge in [0.25, 0.3) is 5.91 Å². The lowest BCUT2D eigenvalue weighted by Gasteiger charge is -2.09. The molecule has 0 radical (unpaired) electrons. The Morgan fingerprint density at radius 2 is 1.77 bits per heavy atom. The maximum absolute atomic E-state index is 12.9. The van der Waals surface area contributed by atoms with Gasteiger partial charge in [-0.05, 0) is 62.7 Å². The Bertz CT molecular complexity index is 1040. The number of amides is 1. The number of carbonyl (C=O) groups is 2. The van der Waals surface area contributed by atoms with Crippen molar-refractivity contribution in [3.8, 4) is 5.75 Å². The molecule has 0 unspecified atom stereocenters. The molecule has 0 aliphatic carbocycles. The fourth-order valence-corrected chi connectivity index (χ4v) is 2.74. The third kappa shape index (κ3) is 5.91. The minimum absolute atomic E-state index is 0.0632. The number of ether oxygens (including phenoxy) is 2. The van der Waals surface area contributed by atoms with E-state index in [9.17, 15) is 14.0 Å². The highest BCUT2D eigenvalue weighted by molar-refractivity contribution is 6.07. The summed E-state index contributed by atoms with van der Waals surface area (Å²) in [6.07, 6.45) is 1.30. The van der Waals surface area contributed by atoms with Crippen molar-refractivity contribution in [2.45, 2.75) is 40.0 Å². The Labute approximate surface area is 179 Å². The molecule has 0 spiro atoms. The van der Waals surface area contributed by atoms with Crippen LogP contribution in [0.25, 0.3) is 0 Å². The first kappa shape index (κ1) is 22.0. The van der Waals surface area contributed by atoms with Crippen LogP contribution >= 0.6 is 0 Å². The summed E-state index contributed by atoms with van der Waals surface area (Å²) in [5.74, 6) is -0.740. The second-order valence-electron chi connectivity index (χ2n) is 7.09. The zero-order valence-corrected chi connectivity index (χ0v) is 17.6. The van der Waals surface area contributed by atoms with Crippen molar-refractivity contribution in [2.75, 3.05) is 5.32 Å². The lowest BCUT2D eigenvalue weighted by molar-refractivity contribution is 0.0371. The Hall–Kier alpha value is -3.68. The topological polar surface area (TPSA) is 82.5 Å². The molecule has 3 rings (SSSR count). The molecule has 1 amide bonds. The minimum atomic E-state index is -0.592. The molecule has 31 heavy (non-hydrogen) atoms. The molecule has 0 atom stereocenters. The largest absolute Gasteiger partial charge is 0.489 e. The number of nitrogens with zero attached hydrogens (tertiary/aromatic N) is 2. The van der Waals surface area contributed by atoms with Crippen LogP contribution < -0.4 is 10.1 Å². The molecule has 8 heteroatoms. The molecule has 0 aliphatic rings. The van der Waals surface area contributed by atoms with Gasteiger partial charge in [0.2, 0.25) is 0 Å². The smallest absolute Gasteiger partial charge is 0.361 e. The van der Waals surface area contributed by atoms with Crippen LogP contribution in [-0.2, 0) is 17.9 Å². The van der Waals surface area contributed by atoms with Gasteiger partial charge in [-0.15, -0.1) is 0 Å². The van der Waals surface area contributed by atoms with Crippen molar-refractivity contribution < 1.29 is 23.5 Å². The number of carbonyl (C=O) groups excluding carboxylic acids is 2. The molecule has 7 nitrogen and oxygen atoms in total. The first-order valence-corrected chi connectivity index (χ1v) is 9.92. The van der Waals surface area contributed by atoms with Crippen molar-refractivity contribution in [2.24, 2.45) is 0 Å². The van der Waals surface area contributed by atoms with Crippen molar-refractivity contribution in [3.63, 3.8) is 0 Å². The van der Waals surface area contributed by atoms with Gasteiger partial charge in [0.15, 0.2) is 5.69 Å². The van der Waals surface area contributed by atoms with Gasteiger partial charge in [0.05, 0.1) is 11.8 Å². The third-order valence-corrected chi connectivity index (χ3v) is 4.31. The third-order valence-electron chi connectivity index (χ3n) is 4.31. The molecule has 0 saturated heterocycles. The number of aryl methyl sites for hydroxylation is 1. The second-order valence-corrected chi connectivity index (χ2v) is 7.09. The predicted molar refractivity (Wildman–Crippen MR) is 114 cm³/mol. The zero-order chi connectivity index (χ0) is 22.4. The van der Waals surface area contributed by atoms with E-state index >= 15 is 0 Å². The van der Waals surface area contributed by atoms with Gasteiger partial charge < -0.3 is 14.8 Å². The van der Waals surface area contributed by atoms with Crippen LogP contribution in [0, 0.1) is 5.82 Å². The van der Waals surface area contributed by atoms with E-state index in [4.69, 9.17) is 9.47 Å². The molecule has 0 bridgehead atoms. The maximum Gasteiger partial charge on any atom is 0.361 e. The SMILES string of the molecule is CCn1cc(NC(=O)c2ccc(COc3ccc(F)cc3)cc2)c(C(=O)OC(C)C)n1. The average molecular weight is 425 g/mol. The van der Waals surface area contributed by atoms with Crippen molar-refractivity contribution in [1.82, 2.24) is 9.78 Å². The molecular weight excluding hydrogens is 401 g/mol. The zero-order valence-electron chi connectivity index (χ0n) is 17.6. The average Bonchev–Trinajstić information content (AvgIpc) is 3.16. The van der Waals surface area contributed by atoms with Crippen molar-refractivity contribution in [1.29, 1.82) is 0 Å². The van der Waals surface area contributed by atoms with E-state index in [0.29, 0.717) is 23.5 Å². The Balaban J connectivity index is 1.66. The quantitative estimate of drug-likeness (QED) is 0.540. The molecule has 1 aromatic heterocycles. The predicted octanol–water partition coefficient (Wildman–Crippen LogP) is 4.44. The summed E-state index contributed by atoms with van der Waals surface area (Å²) in [7, 11) is 0. The number of halogens is 1. The number of aromatic nitrogens is 2. The summed E-state index contributed by atoms with van der Waals surface area (Å²) in [5.41, 5.74) is 1.62. The van der Waals surface area contributed by atoms with Gasteiger partial charge in [-0.1, -0.05) is 12.1 Å². The van der Waals surface area contributed by atoms with E-state index in [1.165, 1.54) is 12.1 Å². The van der Waals surface area contributed by atoms with Crippen molar-refractivity contribution in [3.05, 3.63) is 77.4 Å². The van der Waals surface area contributed by atoms with Gasteiger partial charge in [0.1, 0.15) is 18.2 Å². The number of hydrogen-bond acceptors (Lipinski definition) is 5. The summed E-state index contributed by atoms with van der Waals surface area (Å²) in [4.78, 5) is 25.0. The molecule has 1 heterocycles. The highest BCUT2D eigenvalue weighted by atomic mass is 19.1. The van der Waals surface area contributed by atoms with Crippen LogP contribution in [0.2, 0.25) is 0 Å². The standard InChI is InChI=1S/C23H24FN3O4/c1-4-27-13-20(21(26-27)23(29)31-15(2)3)25-22(28)17-7-5-16(6-8-17)14-30-19-11-9-18(24)10-12-19/h5-13,15H,4,14H2,1-3H3,(H,25,28). The summed E-state index contributed by atoms with van der Waals surface area (Å²) in [6.45, 7) is 6.19. The summed E-state index contributed by atoms with van der Waals surface area (Å²) in [5, 5.41) is 6.92. The number of hydrogen-bond donors (Lipinski definition) is 1. The van der Waals surface area contributed by atoms with Crippen LogP contribution in [0.15, 0.2) is 54.7 Å². The molecule has 0 aliphatic heterocycles.